The summed E-state index contributed by atoms with van der Waals surface area (Å²) < 4.78 is 18.4. The normalized spacial score (nSPS) is 16.8. The smallest absolute Gasteiger partial charge is 0.128 e. The second-order valence-electron chi connectivity index (χ2n) is 4.86. The summed E-state index contributed by atoms with van der Waals surface area (Å²) in [5, 5.41) is 12.5. The van der Waals surface area contributed by atoms with Crippen LogP contribution in [0.15, 0.2) is 18.2 Å². The number of nitrogens with one attached hydrogen (secondary N) is 1. The molecule has 1 fully saturated rings. The van der Waals surface area contributed by atoms with E-state index in [0.717, 1.165) is 5.56 Å². The van der Waals surface area contributed by atoms with E-state index in [1.165, 1.54) is 18.9 Å². The first kappa shape index (κ1) is 13.5. The highest BCUT2D eigenvalue weighted by Gasteiger charge is 2.30. The van der Waals surface area contributed by atoms with Gasteiger partial charge in [-0.15, -0.1) is 0 Å². The van der Waals surface area contributed by atoms with Crippen LogP contribution in [0.5, 0.6) is 0 Å². The number of aliphatic hydroxyl groups is 1. The van der Waals surface area contributed by atoms with E-state index in [1.807, 2.05) is 0 Å². The highest BCUT2D eigenvalue weighted by Crippen LogP contribution is 2.32. The highest BCUT2D eigenvalue weighted by atomic mass is 19.1. The monoisotopic (exact) mass is 253 g/mol. The lowest BCUT2D eigenvalue weighted by molar-refractivity contribution is 0.157. The molecule has 0 saturated heterocycles. The molecule has 1 aromatic carbocycles. The Balaban J connectivity index is 1.92. The van der Waals surface area contributed by atoms with Crippen molar-refractivity contribution in [1.29, 1.82) is 0 Å². The minimum Gasteiger partial charge on any atom is -0.392 e. The maximum Gasteiger partial charge on any atom is 0.128 e. The quantitative estimate of drug-likeness (QED) is 0.779. The number of hydrogen-bond donors (Lipinski definition) is 2. The third kappa shape index (κ3) is 3.51. The van der Waals surface area contributed by atoms with Gasteiger partial charge in [0.15, 0.2) is 0 Å². The van der Waals surface area contributed by atoms with Gasteiger partial charge in [0.2, 0.25) is 0 Å². The number of benzene rings is 1. The maximum atomic E-state index is 13.2. The molecular formula is C14H20FNO2. The molecule has 1 saturated carbocycles. The molecule has 2 rings (SSSR count). The molecule has 4 heteroatoms. The fourth-order valence-electron chi connectivity index (χ4n) is 2.15. The second kappa shape index (κ2) is 6.27. The Kier molecular flexibility index (Phi) is 4.69. The topological polar surface area (TPSA) is 41.5 Å². The Morgan fingerprint density at radius 2 is 2.28 bits per heavy atom. The molecule has 0 radical (unpaired) electrons. The van der Waals surface area contributed by atoms with Crippen molar-refractivity contribution < 1.29 is 14.2 Å². The van der Waals surface area contributed by atoms with Gasteiger partial charge in [0.25, 0.3) is 0 Å². The van der Waals surface area contributed by atoms with E-state index in [-0.39, 0.29) is 12.4 Å². The van der Waals surface area contributed by atoms with Crippen LogP contribution >= 0.6 is 0 Å². The van der Waals surface area contributed by atoms with E-state index in [9.17, 15) is 4.39 Å². The molecule has 0 spiro atoms. The van der Waals surface area contributed by atoms with E-state index in [4.69, 9.17) is 9.84 Å². The summed E-state index contributed by atoms with van der Waals surface area (Å²) in [6.07, 6.45) is 2.51. The van der Waals surface area contributed by atoms with Gasteiger partial charge < -0.3 is 15.2 Å². The lowest BCUT2D eigenvalue weighted by atomic mass is 10.1. The van der Waals surface area contributed by atoms with Crippen molar-refractivity contribution in [2.75, 3.05) is 13.7 Å². The molecule has 0 aliphatic heterocycles. The Labute approximate surface area is 107 Å². The molecule has 100 valence electrons. The summed E-state index contributed by atoms with van der Waals surface area (Å²) in [5.41, 5.74) is 1.34. The first-order valence-corrected chi connectivity index (χ1v) is 6.35. The van der Waals surface area contributed by atoms with Crippen molar-refractivity contribution >= 4 is 0 Å². The van der Waals surface area contributed by atoms with Crippen LogP contribution in [0.2, 0.25) is 0 Å². The predicted molar refractivity (Wildman–Crippen MR) is 67.6 cm³/mol. The zero-order chi connectivity index (χ0) is 13.0. The molecule has 0 bridgehead atoms. The molecular weight excluding hydrogens is 233 g/mol. The van der Waals surface area contributed by atoms with E-state index >= 15 is 0 Å². The minimum absolute atomic E-state index is 0.260. The Morgan fingerprint density at radius 3 is 2.89 bits per heavy atom. The van der Waals surface area contributed by atoms with Crippen LogP contribution < -0.4 is 5.32 Å². The summed E-state index contributed by atoms with van der Waals surface area (Å²) in [6.45, 7) is 1.13. The third-order valence-corrected chi connectivity index (χ3v) is 3.39. The van der Waals surface area contributed by atoms with E-state index in [0.29, 0.717) is 30.7 Å². The highest BCUT2D eigenvalue weighted by molar-refractivity contribution is 5.24. The zero-order valence-corrected chi connectivity index (χ0v) is 10.7. The molecule has 1 atom stereocenters. The molecule has 3 nitrogen and oxygen atoms in total. The van der Waals surface area contributed by atoms with Gasteiger partial charge in [0, 0.05) is 25.3 Å². The van der Waals surface area contributed by atoms with Crippen LogP contribution in [-0.2, 0) is 17.9 Å². The first-order valence-electron chi connectivity index (χ1n) is 6.35. The van der Waals surface area contributed by atoms with Gasteiger partial charge in [-0.3, -0.25) is 0 Å². The van der Waals surface area contributed by atoms with Gasteiger partial charge in [0.1, 0.15) is 5.82 Å². The Hall–Kier alpha value is -0.970. The lowest BCUT2D eigenvalue weighted by Gasteiger charge is -2.17. The number of halogens is 1. The van der Waals surface area contributed by atoms with Crippen molar-refractivity contribution in [2.24, 2.45) is 5.92 Å². The summed E-state index contributed by atoms with van der Waals surface area (Å²) in [6, 6.07) is 5.24. The number of rotatable bonds is 7. The van der Waals surface area contributed by atoms with Gasteiger partial charge in [-0.05, 0) is 36.5 Å². The first-order chi connectivity index (χ1) is 8.74. The average Bonchev–Trinajstić information content (AvgIpc) is 3.20. The van der Waals surface area contributed by atoms with Crippen LogP contribution in [-0.4, -0.2) is 24.9 Å². The van der Waals surface area contributed by atoms with Crippen LogP contribution in [0.25, 0.3) is 0 Å². The third-order valence-electron chi connectivity index (χ3n) is 3.39. The molecule has 1 unspecified atom stereocenters. The van der Waals surface area contributed by atoms with Gasteiger partial charge >= 0.3 is 0 Å². The Bertz CT molecular complexity index is 393. The second-order valence-corrected chi connectivity index (χ2v) is 4.86. The molecule has 0 amide bonds. The number of ether oxygens (including phenoxy) is 1. The number of aliphatic hydroxyl groups excluding tert-OH is 1. The lowest BCUT2D eigenvalue weighted by Crippen LogP contribution is -2.34. The molecule has 1 aliphatic rings. The molecule has 2 N–H and O–H groups in total. The van der Waals surface area contributed by atoms with Crippen LogP contribution in [0, 0.1) is 11.7 Å². The van der Waals surface area contributed by atoms with Gasteiger partial charge in [-0.1, -0.05) is 6.07 Å². The van der Waals surface area contributed by atoms with Gasteiger partial charge in [-0.2, -0.15) is 0 Å². The molecule has 1 aromatic rings. The SMILES string of the molecule is COCC(NCc1ccc(F)c(CO)c1)C1CC1. The van der Waals surface area contributed by atoms with E-state index in [2.05, 4.69) is 5.32 Å². The van der Waals surface area contributed by atoms with Crippen molar-refractivity contribution in [3.05, 3.63) is 35.1 Å². The Morgan fingerprint density at radius 1 is 1.50 bits per heavy atom. The van der Waals surface area contributed by atoms with E-state index < -0.39 is 0 Å². The van der Waals surface area contributed by atoms with Crippen LogP contribution in [0.4, 0.5) is 4.39 Å². The molecule has 1 aliphatic carbocycles. The van der Waals surface area contributed by atoms with Crippen molar-refractivity contribution in [1.82, 2.24) is 5.32 Å². The van der Waals surface area contributed by atoms with Crippen LogP contribution in [0.3, 0.4) is 0 Å². The summed E-state index contributed by atoms with van der Waals surface area (Å²) in [4.78, 5) is 0. The molecule has 0 heterocycles. The minimum atomic E-state index is -0.350. The van der Waals surface area contributed by atoms with Crippen LogP contribution in [0.1, 0.15) is 24.0 Å². The average molecular weight is 253 g/mol. The number of methoxy groups -OCH3 is 1. The van der Waals surface area contributed by atoms with Crippen molar-refractivity contribution in [3.63, 3.8) is 0 Å². The summed E-state index contributed by atoms with van der Waals surface area (Å²) in [5.74, 6) is 0.361. The predicted octanol–water partition coefficient (Wildman–Crippen LogP) is 1.83. The molecule has 18 heavy (non-hydrogen) atoms. The standard InChI is InChI=1S/C14H20FNO2/c1-18-9-14(11-3-4-11)16-7-10-2-5-13(15)12(6-10)8-17/h2,5-6,11,14,16-17H,3-4,7-9H2,1H3. The van der Waals surface area contributed by atoms with Gasteiger partial charge in [-0.25, -0.2) is 4.39 Å². The largest absolute Gasteiger partial charge is 0.392 e. The summed E-state index contributed by atoms with van der Waals surface area (Å²) >= 11 is 0. The van der Waals surface area contributed by atoms with Crippen molar-refractivity contribution in [3.8, 4) is 0 Å². The number of hydrogen-bond acceptors (Lipinski definition) is 3. The maximum absolute atomic E-state index is 13.2. The fraction of sp³-hybridized carbons (Fsp3) is 0.571. The van der Waals surface area contributed by atoms with Gasteiger partial charge in [0.05, 0.1) is 13.2 Å². The summed E-state index contributed by atoms with van der Waals surface area (Å²) in [7, 11) is 1.71. The fourth-order valence-corrected chi connectivity index (χ4v) is 2.15. The van der Waals surface area contributed by atoms with Crippen molar-refractivity contribution in [2.45, 2.75) is 32.0 Å². The molecule has 0 aromatic heterocycles. The zero-order valence-electron chi connectivity index (χ0n) is 10.7. The van der Waals surface area contributed by atoms with E-state index in [1.54, 1.807) is 19.2 Å².